The summed E-state index contributed by atoms with van der Waals surface area (Å²) in [6.45, 7) is 1.31. The van der Waals surface area contributed by atoms with Gasteiger partial charge in [0.25, 0.3) is 0 Å². The molecule has 0 radical (unpaired) electrons. The molecule has 3 nitrogen and oxygen atoms in total. The molecule has 0 atom stereocenters. The fourth-order valence-corrected chi connectivity index (χ4v) is 2.16. The molecule has 0 spiro atoms. The van der Waals surface area contributed by atoms with Crippen LogP contribution in [-0.2, 0) is 4.79 Å². The molecule has 35 heavy (non-hydrogen) atoms. The van der Waals surface area contributed by atoms with Crippen LogP contribution in [-0.4, -0.2) is 57.7 Å². The van der Waals surface area contributed by atoms with Crippen LogP contribution in [0.3, 0.4) is 0 Å². The van der Waals surface area contributed by atoms with Crippen LogP contribution in [0.5, 0.6) is 0 Å². The molecule has 1 N–H and O–H groups in total. The van der Waals surface area contributed by atoms with E-state index in [1.54, 1.807) is 0 Å². The topological polar surface area (TPSA) is 42.0 Å². The molecule has 0 aliphatic carbocycles. The predicted molar refractivity (Wildman–Crippen MR) is 83.0 cm³/mol. The van der Waals surface area contributed by atoms with Gasteiger partial charge in [0, 0.05) is 6.20 Å². The summed E-state index contributed by atoms with van der Waals surface area (Å²) in [5.74, 6) is -61.8. The van der Waals surface area contributed by atoms with E-state index in [0.29, 0.717) is 6.07 Å². The average Bonchev–Trinajstić information content (AvgIpc) is 2.67. The van der Waals surface area contributed by atoms with Gasteiger partial charge in [-0.3, -0.25) is 4.79 Å². The molecular formula is C15H7ClF16N2O. The Labute approximate surface area is 187 Å². The predicted octanol–water partition coefficient (Wildman–Crippen LogP) is 6.61. The Morgan fingerprint density at radius 1 is 0.686 bits per heavy atom. The number of carbonyl (C=O) groups excluding carboxylic acids is 1. The van der Waals surface area contributed by atoms with E-state index in [1.165, 1.54) is 6.92 Å². The van der Waals surface area contributed by atoms with Crippen molar-refractivity contribution in [2.45, 2.75) is 53.8 Å². The number of carbonyl (C=O) groups is 1. The third-order valence-corrected chi connectivity index (χ3v) is 4.40. The lowest BCUT2D eigenvalue weighted by atomic mass is 9.89. The highest BCUT2D eigenvalue weighted by molar-refractivity contribution is 6.22. The summed E-state index contributed by atoms with van der Waals surface area (Å²) < 4.78 is 214. The van der Waals surface area contributed by atoms with E-state index >= 15 is 0 Å². The van der Waals surface area contributed by atoms with E-state index in [-0.39, 0.29) is 5.56 Å². The second-order valence-electron chi connectivity index (χ2n) is 6.69. The number of amides is 1. The number of nitrogens with one attached hydrogen (secondary N) is 1. The van der Waals surface area contributed by atoms with Crippen LogP contribution in [0.2, 0.25) is 0 Å². The van der Waals surface area contributed by atoms with Crippen molar-refractivity contribution in [2.75, 3.05) is 5.32 Å². The Morgan fingerprint density at radius 2 is 1.06 bits per heavy atom. The number of aryl methyl sites for hydroxylation is 1. The molecule has 0 fully saturated rings. The molecule has 0 unspecified atom stereocenters. The minimum Gasteiger partial charge on any atom is -0.305 e. The van der Waals surface area contributed by atoms with Gasteiger partial charge in [-0.05, 0) is 30.2 Å². The molecule has 1 rings (SSSR count). The van der Waals surface area contributed by atoms with Crippen molar-refractivity contribution in [1.29, 1.82) is 0 Å². The van der Waals surface area contributed by atoms with Gasteiger partial charge in [-0.15, -0.1) is 0 Å². The van der Waals surface area contributed by atoms with Crippen LogP contribution in [0.1, 0.15) is 5.56 Å². The number of pyridine rings is 1. The quantitative estimate of drug-likeness (QED) is 0.268. The fraction of sp³-hybridized carbons (Fsp3) is 0.600. The van der Waals surface area contributed by atoms with Gasteiger partial charge in [-0.25, -0.2) is 4.98 Å². The van der Waals surface area contributed by atoms with E-state index in [4.69, 9.17) is 0 Å². The van der Waals surface area contributed by atoms with Gasteiger partial charge in [0.1, 0.15) is 5.82 Å². The van der Waals surface area contributed by atoms with Gasteiger partial charge < -0.3 is 5.32 Å². The first kappa shape index (κ1) is 30.8. The molecule has 1 aromatic heterocycles. The maximum Gasteiger partial charge on any atom is 0.393 e. The number of hydrogen-bond donors (Lipinski definition) is 1. The summed E-state index contributed by atoms with van der Waals surface area (Å²) in [5.41, 5.74) is 0.244. The van der Waals surface area contributed by atoms with Gasteiger partial charge in [-0.2, -0.15) is 70.2 Å². The highest BCUT2D eigenvalue weighted by Crippen LogP contribution is 2.64. The maximum atomic E-state index is 13.8. The van der Waals surface area contributed by atoms with Crippen LogP contribution in [0.25, 0.3) is 0 Å². The number of nitrogens with zero attached hydrogens (tertiary/aromatic N) is 1. The summed E-state index contributed by atoms with van der Waals surface area (Å²) in [5, 5.41) is -6.14. The minimum atomic E-state index is -8.63. The van der Waals surface area contributed by atoms with Gasteiger partial charge in [0.2, 0.25) is 0 Å². The van der Waals surface area contributed by atoms with Crippen LogP contribution < -0.4 is 5.32 Å². The van der Waals surface area contributed by atoms with Crippen molar-refractivity contribution < 1.29 is 75.0 Å². The third-order valence-electron chi connectivity index (χ3n) is 4.16. The summed E-state index contributed by atoms with van der Waals surface area (Å²) in [6.07, 6.45) is 0.768. The third kappa shape index (κ3) is 4.32. The van der Waals surface area contributed by atoms with E-state index in [9.17, 15) is 75.0 Å². The van der Waals surface area contributed by atoms with E-state index < -0.39 is 58.6 Å². The van der Waals surface area contributed by atoms with Crippen molar-refractivity contribution in [2.24, 2.45) is 0 Å². The lowest BCUT2D eigenvalue weighted by Crippen LogP contribution is -2.75. The fourth-order valence-electron chi connectivity index (χ4n) is 2.04. The Hall–Kier alpha value is -2.21. The standard InChI is InChI=1S/C15H7ClF16N2O/c1-5-2-3-6(33-4-5)34-7(35)8(17,18)9(19,20)10(21,22)11(23,24)12(25,26)13(27,28)14(29,30)15(16,31)32/h2-4H,1H3,(H,33,34,35). The molecule has 1 heterocycles. The first-order chi connectivity index (χ1) is 15.1. The van der Waals surface area contributed by atoms with Gasteiger partial charge >= 0.3 is 52.7 Å². The number of aromatic nitrogens is 1. The Balaban J connectivity index is 3.56. The summed E-state index contributed by atoms with van der Waals surface area (Å²) in [7, 11) is 0. The Kier molecular flexibility index (Phi) is 7.42. The van der Waals surface area contributed by atoms with Crippen LogP contribution in [0.15, 0.2) is 18.3 Å². The van der Waals surface area contributed by atoms with E-state index in [2.05, 4.69) is 16.6 Å². The Bertz CT molecular complexity index is 941. The van der Waals surface area contributed by atoms with E-state index in [0.717, 1.165) is 17.6 Å². The molecule has 1 amide bonds. The minimum absolute atomic E-state index is 0.244. The summed E-state index contributed by atoms with van der Waals surface area (Å²) in [4.78, 5) is 14.5. The second-order valence-corrected chi connectivity index (χ2v) is 7.17. The molecule has 20 heteroatoms. The number of anilines is 1. The zero-order chi connectivity index (χ0) is 28.3. The molecule has 0 saturated heterocycles. The van der Waals surface area contributed by atoms with Crippen LogP contribution >= 0.6 is 11.6 Å². The first-order valence-corrected chi connectivity index (χ1v) is 8.48. The maximum absolute atomic E-state index is 13.8. The lowest BCUT2D eigenvalue weighted by Gasteiger charge is -2.42. The largest absolute Gasteiger partial charge is 0.393 e. The molecular weight excluding hydrogens is 564 g/mol. The van der Waals surface area contributed by atoms with Crippen molar-refractivity contribution in [3.63, 3.8) is 0 Å². The van der Waals surface area contributed by atoms with Crippen molar-refractivity contribution in [1.82, 2.24) is 4.98 Å². The average molecular weight is 571 g/mol. The van der Waals surface area contributed by atoms with Crippen molar-refractivity contribution >= 4 is 23.3 Å². The summed E-state index contributed by atoms with van der Waals surface area (Å²) in [6, 6.07) is 1.54. The number of halogens is 17. The number of rotatable bonds is 9. The highest BCUT2D eigenvalue weighted by atomic mass is 35.5. The molecule has 0 bridgehead atoms. The van der Waals surface area contributed by atoms with Crippen LogP contribution in [0.4, 0.5) is 76.1 Å². The van der Waals surface area contributed by atoms with Crippen molar-refractivity contribution in [3.8, 4) is 0 Å². The zero-order valence-corrected chi connectivity index (χ0v) is 16.8. The lowest BCUT2D eigenvalue weighted by molar-refractivity contribution is -0.445. The molecule has 0 saturated carbocycles. The van der Waals surface area contributed by atoms with Gasteiger partial charge in [0.05, 0.1) is 0 Å². The summed E-state index contributed by atoms with van der Waals surface area (Å²) >= 11 is 3.41. The highest BCUT2D eigenvalue weighted by Gasteiger charge is 2.95. The molecule has 0 aliphatic rings. The number of alkyl halides is 17. The molecule has 0 aromatic carbocycles. The Morgan fingerprint density at radius 3 is 1.40 bits per heavy atom. The van der Waals surface area contributed by atoms with E-state index in [1.807, 2.05) is 0 Å². The van der Waals surface area contributed by atoms with Crippen molar-refractivity contribution in [3.05, 3.63) is 23.9 Å². The molecule has 0 aliphatic heterocycles. The molecule has 202 valence electrons. The molecule has 1 aromatic rings. The van der Waals surface area contributed by atoms with Crippen LogP contribution in [0, 0.1) is 6.92 Å². The van der Waals surface area contributed by atoms with Gasteiger partial charge in [-0.1, -0.05) is 6.07 Å². The van der Waals surface area contributed by atoms with Gasteiger partial charge in [0.15, 0.2) is 0 Å². The number of hydrogen-bond acceptors (Lipinski definition) is 2. The normalized spacial score (nSPS) is 15.3. The SMILES string of the molecule is Cc1ccc(NC(=O)C(F)(F)C(F)(F)C(F)(F)C(F)(F)C(F)(F)C(F)(F)C(F)(F)C(F)(F)Cl)nc1. The first-order valence-electron chi connectivity index (χ1n) is 8.10. The monoisotopic (exact) mass is 570 g/mol. The smallest absolute Gasteiger partial charge is 0.305 e. The second kappa shape index (κ2) is 8.43. The zero-order valence-electron chi connectivity index (χ0n) is 16.0.